The van der Waals surface area contributed by atoms with Crippen LogP contribution in [0.5, 0.6) is 17.2 Å². The second kappa shape index (κ2) is 8.18. The third-order valence-electron chi connectivity index (χ3n) is 3.96. The van der Waals surface area contributed by atoms with Crippen molar-refractivity contribution in [1.29, 1.82) is 0 Å². The molecule has 24 heavy (non-hydrogen) atoms. The van der Waals surface area contributed by atoms with Crippen LogP contribution in [0, 0.1) is 0 Å². The Labute approximate surface area is 144 Å². The highest BCUT2D eigenvalue weighted by Gasteiger charge is 2.21. The summed E-state index contributed by atoms with van der Waals surface area (Å²) in [7, 11) is 0. The Balaban J connectivity index is 1.50. The van der Waals surface area contributed by atoms with E-state index in [-0.39, 0.29) is 12.2 Å². The molecular weight excluding hydrogens is 302 g/mol. The van der Waals surface area contributed by atoms with Crippen LogP contribution in [0.1, 0.15) is 13.8 Å². The van der Waals surface area contributed by atoms with E-state index in [1.807, 2.05) is 54.6 Å². The second-order valence-corrected chi connectivity index (χ2v) is 6.26. The van der Waals surface area contributed by atoms with Gasteiger partial charge in [0.05, 0.1) is 12.2 Å². The zero-order chi connectivity index (χ0) is 16.8. The van der Waals surface area contributed by atoms with E-state index in [4.69, 9.17) is 14.2 Å². The molecule has 1 aliphatic rings. The topological polar surface area (TPSA) is 30.9 Å². The fourth-order valence-electron chi connectivity index (χ4n) is 3.01. The molecule has 1 saturated heterocycles. The molecule has 0 saturated carbocycles. The van der Waals surface area contributed by atoms with Crippen molar-refractivity contribution >= 4 is 0 Å². The van der Waals surface area contributed by atoms with E-state index in [1.54, 1.807) is 0 Å². The number of hydrogen-bond acceptors (Lipinski definition) is 4. The monoisotopic (exact) mass is 327 g/mol. The van der Waals surface area contributed by atoms with Gasteiger partial charge >= 0.3 is 0 Å². The van der Waals surface area contributed by atoms with Crippen LogP contribution in [-0.4, -0.2) is 43.3 Å². The minimum Gasteiger partial charge on any atom is -0.492 e. The molecule has 3 rings (SSSR count). The molecule has 0 unspecified atom stereocenters. The lowest BCUT2D eigenvalue weighted by molar-refractivity contribution is -0.0699. The molecule has 0 radical (unpaired) electrons. The number of nitrogens with zero attached hydrogens (tertiary/aromatic N) is 1. The first-order valence-corrected chi connectivity index (χ1v) is 8.52. The summed E-state index contributed by atoms with van der Waals surface area (Å²) >= 11 is 0. The standard InChI is InChI=1S/C20H25NO3/c1-16-14-21(15-17(2)23-16)11-12-22-19-9-6-10-20(13-19)24-18-7-4-3-5-8-18/h3-10,13,16-17H,11-12,14-15H2,1-2H3/t16-,17-/m1/s1. The van der Waals surface area contributed by atoms with Crippen LogP contribution in [0.25, 0.3) is 0 Å². The van der Waals surface area contributed by atoms with Crippen molar-refractivity contribution in [3.8, 4) is 17.2 Å². The summed E-state index contributed by atoms with van der Waals surface area (Å²) in [6, 6.07) is 17.5. The SMILES string of the molecule is C[C@@H]1CN(CCOc2cccc(Oc3ccccc3)c2)C[C@@H](C)O1. The van der Waals surface area contributed by atoms with Gasteiger partial charge in [0.1, 0.15) is 23.9 Å². The van der Waals surface area contributed by atoms with Gasteiger partial charge in [0, 0.05) is 25.7 Å². The molecule has 0 aromatic heterocycles. The minimum atomic E-state index is 0.288. The number of ether oxygens (including phenoxy) is 3. The van der Waals surface area contributed by atoms with Crippen molar-refractivity contribution in [3.63, 3.8) is 0 Å². The Bertz CT molecular complexity index is 622. The van der Waals surface area contributed by atoms with Gasteiger partial charge < -0.3 is 14.2 Å². The molecule has 4 nitrogen and oxygen atoms in total. The average Bonchev–Trinajstić information content (AvgIpc) is 2.55. The normalized spacial score (nSPS) is 21.4. The molecule has 128 valence electrons. The van der Waals surface area contributed by atoms with E-state index >= 15 is 0 Å². The third kappa shape index (κ3) is 4.98. The molecule has 4 heteroatoms. The summed E-state index contributed by atoms with van der Waals surface area (Å²) in [5, 5.41) is 0. The zero-order valence-corrected chi connectivity index (χ0v) is 14.4. The van der Waals surface area contributed by atoms with Gasteiger partial charge in [-0.15, -0.1) is 0 Å². The highest BCUT2D eigenvalue weighted by Crippen LogP contribution is 2.25. The second-order valence-electron chi connectivity index (χ2n) is 6.26. The average molecular weight is 327 g/mol. The van der Waals surface area contributed by atoms with Crippen LogP contribution in [0.3, 0.4) is 0 Å². The van der Waals surface area contributed by atoms with E-state index in [1.165, 1.54) is 0 Å². The van der Waals surface area contributed by atoms with E-state index in [0.29, 0.717) is 6.61 Å². The Kier molecular flexibility index (Phi) is 5.72. The number of hydrogen-bond donors (Lipinski definition) is 0. The maximum atomic E-state index is 5.90. The van der Waals surface area contributed by atoms with Gasteiger partial charge in [-0.25, -0.2) is 0 Å². The lowest BCUT2D eigenvalue weighted by atomic mass is 10.2. The first kappa shape index (κ1) is 16.8. The summed E-state index contributed by atoms with van der Waals surface area (Å²) in [4.78, 5) is 2.39. The Morgan fingerprint density at radius 3 is 2.33 bits per heavy atom. The van der Waals surface area contributed by atoms with Gasteiger partial charge in [-0.05, 0) is 38.1 Å². The third-order valence-corrected chi connectivity index (χ3v) is 3.96. The van der Waals surface area contributed by atoms with Crippen LogP contribution in [0.4, 0.5) is 0 Å². The predicted molar refractivity (Wildman–Crippen MR) is 94.9 cm³/mol. The van der Waals surface area contributed by atoms with Crippen LogP contribution < -0.4 is 9.47 Å². The van der Waals surface area contributed by atoms with Gasteiger partial charge in [-0.2, -0.15) is 0 Å². The summed E-state index contributed by atoms with van der Waals surface area (Å²) in [5.41, 5.74) is 0. The van der Waals surface area contributed by atoms with E-state index in [9.17, 15) is 0 Å². The van der Waals surface area contributed by atoms with Gasteiger partial charge in [0.15, 0.2) is 0 Å². The highest BCUT2D eigenvalue weighted by molar-refractivity contribution is 5.36. The molecule has 1 fully saturated rings. The summed E-state index contributed by atoms with van der Waals surface area (Å²) in [6.07, 6.45) is 0.577. The fourth-order valence-corrected chi connectivity index (χ4v) is 3.01. The molecule has 2 aromatic carbocycles. The van der Waals surface area contributed by atoms with Crippen molar-refractivity contribution in [3.05, 3.63) is 54.6 Å². The lowest BCUT2D eigenvalue weighted by Gasteiger charge is -2.35. The van der Waals surface area contributed by atoms with Crippen LogP contribution >= 0.6 is 0 Å². The molecule has 0 spiro atoms. The molecule has 0 amide bonds. The van der Waals surface area contributed by atoms with Gasteiger partial charge in [-0.1, -0.05) is 24.3 Å². The van der Waals surface area contributed by atoms with Crippen LogP contribution in [-0.2, 0) is 4.74 Å². The molecule has 1 aliphatic heterocycles. The molecule has 2 atom stereocenters. The first-order chi connectivity index (χ1) is 11.7. The quantitative estimate of drug-likeness (QED) is 0.803. The molecule has 0 N–H and O–H groups in total. The number of para-hydroxylation sites is 1. The van der Waals surface area contributed by atoms with Crippen molar-refractivity contribution in [1.82, 2.24) is 4.90 Å². The van der Waals surface area contributed by atoms with Gasteiger partial charge in [-0.3, -0.25) is 4.90 Å². The van der Waals surface area contributed by atoms with E-state index in [2.05, 4.69) is 18.7 Å². The lowest BCUT2D eigenvalue weighted by Crippen LogP contribution is -2.46. The van der Waals surface area contributed by atoms with Crippen molar-refractivity contribution in [2.24, 2.45) is 0 Å². The van der Waals surface area contributed by atoms with Crippen molar-refractivity contribution in [2.45, 2.75) is 26.1 Å². The molecule has 0 aliphatic carbocycles. The summed E-state index contributed by atoms with van der Waals surface area (Å²) in [5.74, 6) is 2.44. The summed E-state index contributed by atoms with van der Waals surface area (Å²) in [6.45, 7) is 7.73. The first-order valence-electron chi connectivity index (χ1n) is 8.52. The minimum absolute atomic E-state index is 0.288. The smallest absolute Gasteiger partial charge is 0.131 e. The molecular formula is C20H25NO3. The van der Waals surface area contributed by atoms with Crippen LogP contribution in [0.15, 0.2) is 54.6 Å². The Morgan fingerprint density at radius 1 is 0.917 bits per heavy atom. The van der Waals surface area contributed by atoms with E-state index in [0.717, 1.165) is 36.9 Å². The van der Waals surface area contributed by atoms with E-state index < -0.39 is 0 Å². The maximum absolute atomic E-state index is 5.90. The Morgan fingerprint density at radius 2 is 1.58 bits per heavy atom. The molecule has 2 aromatic rings. The maximum Gasteiger partial charge on any atom is 0.131 e. The number of morpholine rings is 1. The predicted octanol–water partition coefficient (Wildman–Crippen LogP) is 3.97. The van der Waals surface area contributed by atoms with Gasteiger partial charge in [0.2, 0.25) is 0 Å². The van der Waals surface area contributed by atoms with Crippen LogP contribution in [0.2, 0.25) is 0 Å². The van der Waals surface area contributed by atoms with Crippen molar-refractivity contribution < 1.29 is 14.2 Å². The number of rotatable bonds is 6. The Hall–Kier alpha value is -2.04. The largest absolute Gasteiger partial charge is 0.492 e. The fraction of sp³-hybridized carbons (Fsp3) is 0.400. The zero-order valence-electron chi connectivity index (χ0n) is 14.4. The van der Waals surface area contributed by atoms with Gasteiger partial charge in [0.25, 0.3) is 0 Å². The highest BCUT2D eigenvalue weighted by atomic mass is 16.5. The number of benzene rings is 2. The molecule has 1 heterocycles. The molecule has 0 bridgehead atoms. The summed E-state index contributed by atoms with van der Waals surface area (Å²) < 4.78 is 17.5. The van der Waals surface area contributed by atoms with Crippen molar-refractivity contribution in [2.75, 3.05) is 26.2 Å².